The molecule has 0 saturated carbocycles. The Bertz CT molecular complexity index is 325. The molecule has 2 heterocycles. The van der Waals surface area contributed by atoms with Gasteiger partial charge in [0.2, 0.25) is 5.91 Å². The van der Waals surface area contributed by atoms with Crippen LogP contribution in [-0.4, -0.2) is 53.5 Å². The SMILES string of the molecule is CCC1CCCCN1C(=O)CN1CCCCC1C(C)N.Cl. The minimum absolute atomic E-state index is 0. The summed E-state index contributed by atoms with van der Waals surface area (Å²) in [7, 11) is 0. The number of carbonyl (C=O) groups excluding carboxylic acids is 1. The summed E-state index contributed by atoms with van der Waals surface area (Å²) in [5, 5.41) is 0. The van der Waals surface area contributed by atoms with E-state index in [1.54, 1.807) is 0 Å². The second-order valence-electron chi connectivity index (χ2n) is 6.54. The maximum absolute atomic E-state index is 12.6. The molecule has 2 aliphatic rings. The van der Waals surface area contributed by atoms with Crippen LogP contribution in [0, 0.1) is 0 Å². The lowest BCUT2D eigenvalue weighted by atomic mass is 9.96. The van der Waals surface area contributed by atoms with E-state index in [0.717, 1.165) is 25.9 Å². The van der Waals surface area contributed by atoms with Gasteiger partial charge < -0.3 is 10.6 Å². The predicted molar refractivity (Wildman–Crippen MR) is 89.8 cm³/mol. The zero-order chi connectivity index (χ0) is 14.5. The van der Waals surface area contributed by atoms with Crippen molar-refractivity contribution in [3.05, 3.63) is 0 Å². The Morgan fingerprint density at radius 1 is 1.19 bits per heavy atom. The molecule has 0 radical (unpaired) electrons. The first-order valence-corrected chi connectivity index (χ1v) is 8.42. The van der Waals surface area contributed by atoms with E-state index >= 15 is 0 Å². The highest BCUT2D eigenvalue weighted by Gasteiger charge is 2.31. The molecule has 0 aromatic heterocycles. The van der Waals surface area contributed by atoms with Crippen LogP contribution in [0.2, 0.25) is 0 Å². The van der Waals surface area contributed by atoms with Crippen molar-refractivity contribution < 1.29 is 4.79 Å². The third kappa shape index (κ3) is 4.83. The lowest BCUT2D eigenvalue weighted by Gasteiger charge is -2.41. The first-order chi connectivity index (χ1) is 9.63. The maximum Gasteiger partial charge on any atom is 0.237 e. The van der Waals surface area contributed by atoms with Gasteiger partial charge in [-0.3, -0.25) is 9.69 Å². The Morgan fingerprint density at radius 2 is 1.86 bits per heavy atom. The Balaban J connectivity index is 0.00000220. The fourth-order valence-electron chi connectivity index (χ4n) is 3.83. The molecule has 0 spiro atoms. The molecule has 0 aromatic rings. The summed E-state index contributed by atoms with van der Waals surface area (Å²) in [6, 6.07) is 1.01. The molecule has 21 heavy (non-hydrogen) atoms. The van der Waals surface area contributed by atoms with Crippen LogP contribution in [0.15, 0.2) is 0 Å². The van der Waals surface area contributed by atoms with E-state index in [4.69, 9.17) is 5.73 Å². The minimum atomic E-state index is 0. The van der Waals surface area contributed by atoms with Crippen LogP contribution < -0.4 is 5.73 Å². The first kappa shape index (κ1) is 18.7. The second kappa shape index (κ2) is 8.96. The molecule has 124 valence electrons. The van der Waals surface area contributed by atoms with Gasteiger partial charge in [-0.2, -0.15) is 0 Å². The van der Waals surface area contributed by atoms with E-state index in [1.165, 1.54) is 32.1 Å². The minimum Gasteiger partial charge on any atom is -0.339 e. The summed E-state index contributed by atoms with van der Waals surface area (Å²) in [6.45, 7) is 6.82. The van der Waals surface area contributed by atoms with Gasteiger partial charge in [-0.05, 0) is 52.0 Å². The van der Waals surface area contributed by atoms with Gasteiger partial charge in [0.15, 0.2) is 0 Å². The van der Waals surface area contributed by atoms with Gasteiger partial charge in [-0.25, -0.2) is 0 Å². The molecule has 2 aliphatic heterocycles. The van der Waals surface area contributed by atoms with Crippen LogP contribution in [0.25, 0.3) is 0 Å². The van der Waals surface area contributed by atoms with Crippen molar-refractivity contribution >= 4 is 18.3 Å². The number of halogens is 1. The Labute approximate surface area is 135 Å². The van der Waals surface area contributed by atoms with Gasteiger partial charge in [0.25, 0.3) is 0 Å². The topological polar surface area (TPSA) is 49.6 Å². The normalized spacial score (nSPS) is 28.8. The Kier molecular flexibility index (Phi) is 7.99. The fourth-order valence-corrected chi connectivity index (χ4v) is 3.83. The van der Waals surface area contributed by atoms with Crippen molar-refractivity contribution in [2.45, 2.75) is 76.9 Å². The number of amides is 1. The van der Waals surface area contributed by atoms with E-state index < -0.39 is 0 Å². The van der Waals surface area contributed by atoms with Gasteiger partial charge >= 0.3 is 0 Å². The molecule has 2 saturated heterocycles. The zero-order valence-corrected chi connectivity index (χ0v) is 14.4. The Morgan fingerprint density at radius 3 is 2.52 bits per heavy atom. The van der Waals surface area contributed by atoms with Crippen molar-refractivity contribution in [3.8, 4) is 0 Å². The summed E-state index contributed by atoms with van der Waals surface area (Å²) in [4.78, 5) is 17.1. The highest BCUT2D eigenvalue weighted by molar-refractivity contribution is 5.85. The van der Waals surface area contributed by atoms with E-state index in [9.17, 15) is 4.79 Å². The number of nitrogens with two attached hydrogens (primary N) is 1. The van der Waals surface area contributed by atoms with E-state index in [2.05, 4.69) is 23.6 Å². The third-order valence-corrected chi connectivity index (χ3v) is 5.03. The van der Waals surface area contributed by atoms with E-state index in [0.29, 0.717) is 24.5 Å². The van der Waals surface area contributed by atoms with Crippen molar-refractivity contribution in [2.75, 3.05) is 19.6 Å². The fraction of sp³-hybridized carbons (Fsp3) is 0.938. The van der Waals surface area contributed by atoms with E-state index in [1.807, 2.05) is 0 Å². The average molecular weight is 318 g/mol. The highest BCUT2D eigenvalue weighted by atomic mass is 35.5. The smallest absolute Gasteiger partial charge is 0.237 e. The number of rotatable bonds is 4. The number of nitrogens with zero attached hydrogens (tertiary/aromatic N) is 2. The summed E-state index contributed by atoms with van der Waals surface area (Å²) in [6.07, 6.45) is 8.29. The van der Waals surface area contributed by atoms with Crippen LogP contribution >= 0.6 is 12.4 Å². The van der Waals surface area contributed by atoms with Crippen LogP contribution in [0.4, 0.5) is 0 Å². The van der Waals surface area contributed by atoms with Gasteiger partial charge in [0, 0.05) is 24.7 Å². The summed E-state index contributed by atoms with van der Waals surface area (Å²) >= 11 is 0. The van der Waals surface area contributed by atoms with Crippen LogP contribution in [-0.2, 0) is 4.79 Å². The molecule has 0 aliphatic carbocycles. The second-order valence-corrected chi connectivity index (χ2v) is 6.54. The molecule has 0 bridgehead atoms. The van der Waals surface area contributed by atoms with Gasteiger partial charge in [0.1, 0.15) is 0 Å². The molecule has 2 rings (SSSR count). The van der Waals surface area contributed by atoms with E-state index in [-0.39, 0.29) is 18.4 Å². The van der Waals surface area contributed by atoms with Gasteiger partial charge in [-0.1, -0.05) is 13.3 Å². The van der Waals surface area contributed by atoms with Crippen LogP contribution in [0.1, 0.15) is 58.8 Å². The molecule has 2 N–H and O–H groups in total. The molecular weight excluding hydrogens is 286 g/mol. The number of carbonyl (C=O) groups is 1. The highest BCUT2D eigenvalue weighted by Crippen LogP contribution is 2.22. The number of likely N-dealkylation sites (tertiary alicyclic amines) is 2. The first-order valence-electron chi connectivity index (χ1n) is 8.42. The molecule has 4 nitrogen and oxygen atoms in total. The number of piperidine rings is 2. The Hall–Kier alpha value is -0.320. The molecular formula is C16H32ClN3O. The summed E-state index contributed by atoms with van der Waals surface area (Å²) in [5.74, 6) is 0.323. The largest absolute Gasteiger partial charge is 0.339 e. The van der Waals surface area contributed by atoms with Gasteiger partial charge in [-0.15, -0.1) is 12.4 Å². The molecule has 0 aromatic carbocycles. The number of hydrogen-bond donors (Lipinski definition) is 1. The predicted octanol–water partition coefficient (Wildman–Crippen LogP) is 2.40. The molecule has 5 heteroatoms. The van der Waals surface area contributed by atoms with Gasteiger partial charge in [0.05, 0.1) is 6.54 Å². The average Bonchev–Trinajstić information content (AvgIpc) is 2.47. The summed E-state index contributed by atoms with van der Waals surface area (Å²) in [5.41, 5.74) is 6.10. The lowest BCUT2D eigenvalue weighted by molar-refractivity contribution is -0.137. The van der Waals surface area contributed by atoms with Crippen LogP contribution in [0.3, 0.4) is 0 Å². The van der Waals surface area contributed by atoms with Crippen molar-refractivity contribution in [2.24, 2.45) is 5.73 Å². The third-order valence-electron chi connectivity index (χ3n) is 5.03. The molecule has 2 fully saturated rings. The van der Waals surface area contributed by atoms with Crippen molar-refractivity contribution in [3.63, 3.8) is 0 Å². The molecule has 1 amide bonds. The monoisotopic (exact) mass is 317 g/mol. The standard InChI is InChI=1S/C16H31N3O.ClH/c1-3-14-8-4-7-11-19(14)16(20)12-18-10-6-5-9-15(18)13(2)17;/h13-15H,3-12,17H2,1-2H3;1H. The van der Waals surface area contributed by atoms with Crippen LogP contribution in [0.5, 0.6) is 0 Å². The number of hydrogen-bond acceptors (Lipinski definition) is 3. The van der Waals surface area contributed by atoms with Crippen molar-refractivity contribution in [1.29, 1.82) is 0 Å². The zero-order valence-electron chi connectivity index (χ0n) is 13.6. The maximum atomic E-state index is 12.6. The molecule has 3 atom stereocenters. The molecule has 3 unspecified atom stereocenters. The van der Waals surface area contributed by atoms with Crippen molar-refractivity contribution in [1.82, 2.24) is 9.80 Å². The lowest BCUT2D eigenvalue weighted by Crippen LogP contribution is -2.54. The summed E-state index contributed by atoms with van der Waals surface area (Å²) < 4.78 is 0. The quantitative estimate of drug-likeness (QED) is 0.866.